The van der Waals surface area contributed by atoms with Crippen molar-refractivity contribution in [3.63, 3.8) is 0 Å². The quantitative estimate of drug-likeness (QED) is 0.594. The van der Waals surface area contributed by atoms with Crippen molar-refractivity contribution in [2.75, 3.05) is 13.6 Å². The van der Waals surface area contributed by atoms with Crippen LogP contribution >= 0.6 is 0 Å². The van der Waals surface area contributed by atoms with Gasteiger partial charge in [-0.05, 0) is 19.2 Å². The van der Waals surface area contributed by atoms with Crippen LogP contribution in [0, 0.1) is 0 Å². The highest BCUT2D eigenvalue weighted by molar-refractivity contribution is 5.10. The molecule has 0 bridgehead atoms. The molecular formula is C9H15N3O. The fourth-order valence-electron chi connectivity index (χ4n) is 1.23. The summed E-state index contributed by atoms with van der Waals surface area (Å²) in [5.74, 6) is 0. The summed E-state index contributed by atoms with van der Waals surface area (Å²) in [6, 6.07) is 5.40. The molecule has 2 unspecified atom stereocenters. The van der Waals surface area contributed by atoms with E-state index in [2.05, 4.69) is 10.3 Å². The Morgan fingerprint density at radius 1 is 1.62 bits per heavy atom. The maximum absolute atomic E-state index is 9.54. The maximum Gasteiger partial charge on any atom is 0.0872 e. The van der Waals surface area contributed by atoms with Gasteiger partial charge >= 0.3 is 0 Å². The van der Waals surface area contributed by atoms with Crippen LogP contribution in [0.2, 0.25) is 0 Å². The number of nitrogens with one attached hydrogen (secondary N) is 1. The van der Waals surface area contributed by atoms with Crippen LogP contribution in [0.25, 0.3) is 0 Å². The summed E-state index contributed by atoms with van der Waals surface area (Å²) in [7, 11) is 1.78. The minimum absolute atomic E-state index is 0.189. The van der Waals surface area contributed by atoms with Crippen LogP contribution in [-0.2, 0) is 0 Å². The van der Waals surface area contributed by atoms with E-state index in [9.17, 15) is 5.11 Å². The summed E-state index contributed by atoms with van der Waals surface area (Å²) in [4.78, 5) is 4.14. The standard InChI is InChI=1S/C9H15N3O/c1-11-9(8(13)6-10)7-4-2-3-5-12-7/h2-5,8-9,11,13H,6,10H2,1H3. The minimum Gasteiger partial charge on any atom is -0.390 e. The number of hydrogen-bond acceptors (Lipinski definition) is 4. The summed E-state index contributed by atoms with van der Waals surface area (Å²) in [5.41, 5.74) is 6.18. The van der Waals surface area contributed by atoms with Crippen LogP contribution in [0.15, 0.2) is 24.4 Å². The zero-order chi connectivity index (χ0) is 9.68. The second-order valence-electron chi connectivity index (χ2n) is 2.82. The van der Waals surface area contributed by atoms with E-state index in [1.54, 1.807) is 13.2 Å². The van der Waals surface area contributed by atoms with Gasteiger partial charge in [0.25, 0.3) is 0 Å². The lowest BCUT2D eigenvalue weighted by molar-refractivity contribution is 0.137. The molecule has 4 N–H and O–H groups in total. The lowest BCUT2D eigenvalue weighted by Crippen LogP contribution is -2.35. The number of pyridine rings is 1. The van der Waals surface area contributed by atoms with E-state index in [4.69, 9.17) is 5.73 Å². The predicted molar refractivity (Wildman–Crippen MR) is 51.1 cm³/mol. The fraction of sp³-hybridized carbons (Fsp3) is 0.444. The van der Waals surface area contributed by atoms with Gasteiger partial charge < -0.3 is 16.2 Å². The molecule has 1 aromatic heterocycles. The topological polar surface area (TPSA) is 71.2 Å². The predicted octanol–water partition coefficient (Wildman–Crippen LogP) is -0.338. The number of hydrogen-bond donors (Lipinski definition) is 3. The lowest BCUT2D eigenvalue weighted by Gasteiger charge is -2.20. The first-order valence-electron chi connectivity index (χ1n) is 4.26. The highest BCUT2D eigenvalue weighted by Gasteiger charge is 2.18. The summed E-state index contributed by atoms with van der Waals surface area (Å²) < 4.78 is 0. The van der Waals surface area contributed by atoms with Gasteiger partial charge in [0.2, 0.25) is 0 Å². The number of aliphatic hydroxyl groups is 1. The molecule has 13 heavy (non-hydrogen) atoms. The molecule has 0 aliphatic carbocycles. The Hall–Kier alpha value is -0.970. The third-order valence-electron chi connectivity index (χ3n) is 1.94. The number of likely N-dealkylation sites (N-methyl/N-ethyl adjacent to an activating group) is 1. The van der Waals surface area contributed by atoms with Gasteiger partial charge in [-0.15, -0.1) is 0 Å². The number of nitrogens with two attached hydrogens (primary N) is 1. The molecule has 2 atom stereocenters. The molecule has 1 aromatic rings. The Morgan fingerprint density at radius 2 is 2.38 bits per heavy atom. The monoisotopic (exact) mass is 181 g/mol. The van der Waals surface area contributed by atoms with E-state index in [-0.39, 0.29) is 12.6 Å². The van der Waals surface area contributed by atoms with Gasteiger partial charge in [0.05, 0.1) is 17.8 Å². The van der Waals surface area contributed by atoms with Gasteiger partial charge in [-0.1, -0.05) is 6.07 Å². The van der Waals surface area contributed by atoms with Crippen molar-refractivity contribution in [2.24, 2.45) is 5.73 Å². The molecule has 0 fully saturated rings. The van der Waals surface area contributed by atoms with Gasteiger partial charge in [0.1, 0.15) is 0 Å². The molecule has 0 amide bonds. The van der Waals surface area contributed by atoms with Crippen molar-refractivity contribution in [3.8, 4) is 0 Å². The van der Waals surface area contributed by atoms with Crippen LogP contribution in [0.5, 0.6) is 0 Å². The highest BCUT2D eigenvalue weighted by atomic mass is 16.3. The molecule has 0 spiro atoms. The molecule has 4 heteroatoms. The number of aliphatic hydroxyl groups excluding tert-OH is 1. The maximum atomic E-state index is 9.54. The molecule has 1 rings (SSSR count). The molecule has 0 saturated carbocycles. The average Bonchev–Trinajstić information content (AvgIpc) is 2.20. The second-order valence-corrected chi connectivity index (χ2v) is 2.82. The zero-order valence-electron chi connectivity index (χ0n) is 7.64. The van der Waals surface area contributed by atoms with Crippen molar-refractivity contribution < 1.29 is 5.11 Å². The van der Waals surface area contributed by atoms with E-state index >= 15 is 0 Å². The van der Waals surface area contributed by atoms with Gasteiger partial charge in [0, 0.05) is 12.7 Å². The Labute approximate surface area is 77.8 Å². The summed E-state index contributed by atoms with van der Waals surface area (Å²) >= 11 is 0. The summed E-state index contributed by atoms with van der Waals surface area (Å²) in [6.07, 6.45) is 1.10. The van der Waals surface area contributed by atoms with Gasteiger partial charge in [0.15, 0.2) is 0 Å². The fourth-order valence-corrected chi connectivity index (χ4v) is 1.23. The van der Waals surface area contributed by atoms with Crippen molar-refractivity contribution in [2.45, 2.75) is 12.1 Å². The Kier molecular flexibility index (Phi) is 3.82. The van der Waals surface area contributed by atoms with E-state index < -0.39 is 6.10 Å². The highest BCUT2D eigenvalue weighted by Crippen LogP contribution is 2.12. The summed E-state index contributed by atoms with van der Waals surface area (Å²) in [5, 5.41) is 12.5. The van der Waals surface area contributed by atoms with Crippen LogP contribution in [0.1, 0.15) is 11.7 Å². The first-order chi connectivity index (χ1) is 6.29. The summed E-state index contributed by atoms with van der Waals surface area (Å²) in [6.45, 7) is 0.224. The first kappa shape index (κ1) is 10.1. The molecule has 0 aliphatic heterocycles. The van der Waals surface area contributed by atoms with E-state index in [0.29, 0.717) is 0 Å². The molecule has 0 aromatic carbocycles. The van der Waals surface area contributed by atoms with Gasteiger partial charge in [-0.3, -0.25) is 4.98 Å². The third-order valence-corrected chi connectivity index (χ3v) is 1.94. The third kappa shape index (κ3) is 2.48. The molecule has 4 nitrogen and oxygen atoms in total. The zero-order valence-corrected chi connectivity index (χ0v) is 7.64. The number of nitrogens with zero attached hydrogens (tertiary/aromatic N) is 1. The van der Waals surface area contributed by atoms with Crippen LogP contribution in [0.3, 0.4) is 0 Å². The average molecular weight is 181 g/mol. The molecule has 1 heterocycles. The minimum atomic E-state index is -0.597. The van der Waals surface area contributed by atoms with Crippen molar-refractivity contribution >= 4 is 0 Å². The Bertz CT molecular complexity index is 240. The molecule has 0 saturated heterocycles. The Balaban J connectivity index is 2.78. The van der Waals surface area contributed by atoms with Crippen molar-refractivity contribution in [1.29, 1.82) is 0 Å². The van der Waals surface area contributed by atoms with Crippen molar-refractivity contribution in [3.05, 3.63) is 30.1 Å². The lowest BCUT2D eigenvalue weighted by atomic mass is 10.1. The first-order valence-corrected chi connectivity index (χ1v) is 4.26. The van der Waals surface area contributed by atoms with Crippen molar-refractivity contribution in [1.82, 2.24) is 10.3 Å². The molecule has 72 valence electrons. The SMILES string of the molecule is CNC(c1ccccn1)C(O)CN. The smallest absolute Gasteiger partial charge is 0.0872 e. The van der Waals surface area contributed by atoms with E-state index in [1.807, 2.05) is 18.2 Å². The van der Waals surface area contributed by atoms with E-state index in [1.165, 1.54) is 0 Å². The Morgan fingerprint density at radius 3 is 2.85 bits per heavy atom. The molecule has 0 aliphatic rings. The van der Waals surface area contributed by atoms with Crippen LogP contribution in [-0.4, -0.2) is 29.8 Å². The number of rotatable bonds is 4. The van der Waals surface area contributed by atoms with Gasteiger partial charge in [-0.25, -0.2) is 0 Å². The van der Waals surface area contributed by atoms with Crippen LogP contribution < -0.4 is 11.1 Å². The second kappa shape index (κ2) is 4.91. The largest absolute Gasteiger partial charge is 0.390 e. The molecular weight excluding hydrogens is 166 g/mol. The molecule has 0 radical (unpaired) electrons. The van der Waals surface area contributed by atoms with Crippen LogP contribution in [0.4, 0.5) is 0 Å². The normalized spacial score (nSPS) is 15.3. The number of aromatic nitrogens is 1. The van der Waals surface area contributed by atoms with Gasteiger partial charge in [-0.2, -0.15) is 0 Å². The van der Waals surface area contributed by atoms with E-state index in [0.717, 1.165) is 5.69 Å².